The van der Waals surface area contributed by atoms with Gasteiger partial charge in [-0.2, -0.15) is 5.10 Å². The van der Waals surface area contributed by atoms with Gasteiger partial charge in [0.15, 0.2) is 0 Å². The van der Waals surface area contributed by atoms with Crippen molar-refractivity contribution in [1.29, 1.82) is 0 Å². The van der Waals surface area contributed by atoms with Crippen molar-refractivity contribution >= 4 is 17.7 Å². The van der Waals surface area contributed by atoms with Crippen molar-refractivity contribution in [3.63, 3.8) is 0 Å². The van der Waals surface area contributed by atoms with Crippen LogP contribution in [0.25, 0.3) is 11.3 Å². The van der Waals surface area contributed by atoms with Gasteiger partial charge in [-0.25, -0.2) is 14.8 Å². The molecule has 0 aliphatic carbocycles. The summed E-state index contributed by atoms with van der Waals surface area (Å²) in [6, 6.07) is 3.35. The monoisotopic (exact) mass is 298 g/mol. The Hall–Kier alpha value is -3.16. The number of hydrogen-bond acceptors (Lipinski definition) is 5. The van der Waals surface area contributed by atoms with Gasteiger partial charge in [0.05, 0.1) is 11.9 Å². The number of aromatic amines is 1. The quantitative estimate of drug-likeness (QED) is 0.679. The lowest BCUT2D eigenvalue weighted by molar-refractivity contribution is 0.0691. The van der Waals surface area contributed by atoms with E-state index in [4.69, 9.17) is 5.11 Å². The van der Waals surface area contributed by atoms with Crippen LogP contribution in [0.4, 0.5) is 11.8 Å². The fourth-order valence-corrected chi connectivity index (χ4v) is 2.06. The van der Waals surface area contributed by atoms with Crippen molar-refractivity contribution in [2.24, 2.45) is 7.05 Å². The Morgan fingerprint density at radius 1 is 1.45 bits per heavy atom. The SMILES string of the molecule is Cc1cnc(Nc2ccnn2C)nc1-c1c[nH]c(C(=O)O)c1. The zero-order valence-electron chi connectivity index (χ0n) is 12.0. The van der Waals surface area contributed by atoms with E-state index in [9.17, 15) is 4.79 Å². The third kappa shape index (κ3) is 2.53. The molecule has 0 saturated carbocycles. The van der Waals surface area contributed by atoms with Crippen molar-refractivity contribution in [1.82, 2.24) is 24.7 Å². The first-order valence-corrected chi connectivity index (χ1v) is 6.55. The number of carbonyl (C=O) groups is 1. The highest BCUT2D eigenvalue weighted by Gasteiger charge is 2.12. The Morgan fingerprint density at radius 3 is 2.91 bits per heavy atom. The molecule has 8 nitrogen and oxygen atoms in total. The van der Waals surface area contributed by atoms with Crippen LogP contribution in [0.2, 0.25) is 0 Å². The smallest absolute Gasteiger partial charge is 0.352 e. The summed E-state index contributed by atoms with van der Waals surface area (Å²) < 4.78 is 1.67. The molecule has 0 atom stereocenters. The number of nitrogens with zero attached hydrogens (tertiary/aromatic N) is 4. The topological polar surface area (TPSA) is 109 Å². The van der Waals surface area contributed by atoms with Gasteiger partial charge < -0.3 is 15.4 Å². The maximum atomic E-state index is 11.0. The predicted octanol–water partition coefficient (Wildman–Crippen LogP) is 1.96. The highest BCUT2D eigenvalue weighted by Crippen LogP contribution is 2.23. The first-order chi connectivity index (χ1) is 10.5. The Kier molecular flexibility index (Phi) is 3.34. The third-order valence-corrected chi connectivity index (χ3v) is 3.22. The molecule has 8 heteroatoms. The second-order valence-corrected chi connectivity index (χ2v) is 4.80. The lowest BCUT2D eigenvalue weighted by atomic mass is 10.1. The number of rotatable bonds is 4. The second kappa shape index (κ2) is 5.32. The molecule has 3 aromatic rings. The van der Waals surface area contributed by atoms with Crippen LogP contribution < -0.4 is 5.32 Å². The Bertz CT molecular complexity index is 835. The van der Waals surface area contributed by atoms with E-state index >= 15 is 0 Å². The number of aromatic carboxylic acids is 1. The molecule has 0 fully saturated rings. The Morgan fingerprint density at radius 2 is 2.27 bits per heavy atom. The van der Waals surface area contributed by atoms with Crippen LogP contribution in [0.3, 0.4) is 0 Å². The Labute approximate surface area is 125 Å². The largest absolute Gasteiger partial charge is 0.477 e. The zero-order chi connectivity index (χ0) is 15.7. The minimum absolute atomic E-state index is 0.120. The molecule has 0 saturated heterocycles. The van der Waals surface area contributed by atoms with Gasteiger partial charge in [0, 0.05) is 31.1 Å². The maximum absolute atomic E-state index is 11.0. The molecule has 0 unspecified atom stereocenters. The van der Waals surface area contributed by atoms with Gasteiger partial charge in [0.2, 0.25) is 5.95 Å². The van der Waals surface area contributed by atoms with E-state index in [0.717, 1.165) is 11.4 Å². The van der Waals surface area contributed by atoms with Crippen LogP contribution >= 0.6 is 0 Å². The normalized spacial score (nSPS) is 10.6. The molecule has 0 radical (unpaired) electrons. The summed E-state index contributed by atoms with van der Waals surface area (Å²) >= 11 is 0. The number of hydrogen-bond donors (Lipinski definition) is 3. The summed E-state index contributed by atoms with van der Waals surface area (Å²) in [5.74, 6) is 0.170. The molecule has 0 bridgehead atoms. The molecule has 0 aromatic carbocycles. The fraction of sp³-hybridized carbons (Fsp3) is 0.143. The minimum atomic E-state index is -1.01. The van der Waals surface area contributed by atoms with E-state index in [1.807, 2.05) is 20.0 Å². The van der Waals surface area contributed by atoms with Gasteiger partial charge >= 0.3 is 5.97 Å². The first kappa shape index (κ1) is 13.8. The lowest BCUT2D eigenvalue weighted by Crippen LogP contribution is -2.03. The van der Waals surface area contributed by atoms with Crippen LogP contribution in [0.15, 0.2) is 30.7 Å². The lowest BCUT2D eigenvalue weighted by Gasteiger charge is -2.08. The summed E-state index contributed by atoms with van der Waals surface area (Å²) in [5.41, 5.74) is 2.34. The third-order valence-electron chi connectivity index (χ3n) is 3.22. The molecule has 0 aliphatic heterocycles. The molecule has 0 spiro atoms. The molecule has 3 N–H and O–H groups in total. The van der Waals surface area contributed by atoms with Crippen LogP contribution in [0.5, 0.6) is 0 Å². The van der Waals surface area contributed by atoms with E-state index in [-0.39, 0.29) is 5.69 Å². The molecular formula is C14H14N6O2. The summed E-state index contributed by atoms with van der Waals surface area (Å²) in [7, 11) is 1.81. The fourth-order valence-electron chi connectivity index (χ4n) is 2.06. The predicted molar refractivity (Wildman–Crippen MR) is 80.0 cm³/mol. The number of carboxylic acids is 1. The number of aromatic nitrogens is 5. The summed E-state index contributed by atoms with van der Waals surface area (Å²) in [4.78, 5) is 22.4. The van der Waals surface area contributed by atoms with Gasteiger partial charge in [-0.3, -0.25) is 4.68 Å². The van der Waals surface area contributed by atoms with Gasteiger partial charge in [-0.1, -0.05) is 0 Å². The van der Waals surface area contributed by atoms with Gasteiger partial charge in [-0.05, 0) is 18.6 Å². The number of carboxylic acid groups (broad SMARTS) is 1. The van der Waals surface area contributed by atoms with Crippen LogP contribution in [0.1, 0.15) is 16.1 Å². The number of nitrogens with one attached hydrogen (secondary N) is 2. The van der Waals surface area contributed by atoms with E-state index in [2.05, 4.69) is 25.4 Å². The second-order valence-electron chi connectivity index (χ2n) is 4.80. The molecule has 0 aliphatic rings. The highest BCUT2D eigenvalue weighted by atomic mass is 16.4. The summed E-state index contributed by atoms with van der Waals surface area (Å²) in [5, 5.41) is 16.1. The van der Waals surface area contributed by atoms with Crippen LogP contribution in [0, 0.1) is 6.92 Å². The molecule has 3 aromatic heterocycles. The standard InChI is InChI=1S/C14H14N6O2/c1-8-6-16-14(18-11-3-4-17-20(11)2)19-12(8)9-5-10(13(21)22)15-7-9/h3-7,15H,1-2H3,(H,21,22)(H,16,18,19). The van der Waals surface area contributed by atoms with Crippen molar-refractivity contribution in [3.8, 4) is 11.3 Å². The average Bonchev–Trinajstić information content (AvgIpc) is 3.11. The zero-order valence-corrected chi connectivity index (χ0v) is 12.0. The van der Waals surface area contributed by atoms with Gasteiger partial charge in [-0.15, -0.1) is 0 Å². The molecule has 3 rings (SSSR count). The highest BCUT2D eigenvalue weighted by molar-refractivity contribution is 5.87. The van der Waals surface area contributed by atoms with Crippen molar-refractivity contribution < 1.29 is 9.90 Å². The van der Waals surface area contributed by atoms with Gasteiger partial charge in [0.1, 0.15) is 11.5 Å². The average molecular weight is 298 g/mol. The number of aryl methyl sites for hydroxylation is 2. The molecule has 0 amide bonds. The van der Waals surface area contributed by atoms with Crippen molar-refractivity contribution in [3.05, 3.63) is 42.0 Å². The molecule has 112 valence electrons. The van der Waals surface area contributed by atoms with E-state index in [0.29, 0.717) is 17.2 Å². The van der Waals surface area contributed by atoms with Crippen molar-refractivity contribution in [2.75, 3.05) is 5.32 Å². The molecule has 3 heterocycles. The molecule has 22 heavy (non-hydrogen) atoms. The van der Waals surface area contributed by atoms with E-state index in [1.165, 1.54) is 0 Å². The first-order valence-electron chi connectivity index (χ1n) is 6.55. The van der Waals surface area contributed by atoms with Crippen LogP contribution in [-0.4, -0.2) is 35.8 Å². The number of H-pyrrole nitrogens is 1. The number of anilines is 2. The van der Waals surface area contributed by atoms with E-state index in [1.54, 1.807) is 29.3 Å². The minimum Gasteiger partial charge on any atom is -0.477 e. The van der Waals surface area contributed by atoms with Gasteiger partial charge in [0.25, 0.3) is 0 Å². The van der Waals surface area contributed by atoms with Crippen molar-refractivity contribution in [2.45, 2.75) is 6.92 Å². The molecular weight excluding hydrogens is 284 g/mol. The Balaban J connectivity index is 1.95. The van der Waals surface area contributed by atoms with Crippen LogP contribution in [-0.2, 0) is 7.05 Å². The maximum Gasteiger partial charge on any atom is 0.352 e. The summed E-state index contributed by atoms with van der Waals surface area (Å²) in [6.07, 6.45) is 4.98. The van der Waals surface area contributed by atoms with E-state index < -0.39 is 5.97 Å². The summed E-state index contributed by atoms with van der Waals surface area (Å²) in [6.45, 7) is 1.87.